The highest BCUT2D eigenvalue weighted by Crippen LogP contribution is 2.58. The number of sulfone groups is 1. The monoisotopic (exact) mass is 695 g/mol. The van der Waals surface area contributed by atoms with Crippen LogP contribution in [0.3, 0.4) is 0 Å². The summed E-state index contributed by atoms with van der Waals surface area (Å²) in [5.41, 5.74) is -8.90. The molecule has 1 N–H and O–H groups in total. The summed E-state index contributed by atoms with van der Waals surface area (Å²) in [6.07, 6.45) is -12.5. The summed E-state index contributed by atoms with van der Waals surface area (Å²) >= 11 is 0. The molecule has 1 amide bonds. The number of rotatable bonds is 6. The van der Waals surface area contributed by atoms with Gasteiger partial charge < -0.3 is 10.0 Å². The van der Waals surface area contributed by atoms with E-state index in [2.05, 4.69) is 0 Å². The van der Waals surface area contributed by atoms with Gasteiger partial charge in [-0.05, 0) is 86.3 Å². The zero-order valence-electron chi connectivity index (χ0n) is 25.4. The van der Waals surface area contributed by atoms with Gasteiger partial charge in [-0.2, -0.15) is 26.3 Å². The molecule has 1 heterocycles. The summed E-state index contributed by atoms with van der Waals surface area (Å²) in [4.78, 5) is 27.2. The number of carboxylic acid groups (broad SMARTS) is 1. The molecule has 15 heteroatoms. The Balaban J connectivity index is 1.66. The maximum absolute atomic E-state index is 15.1. The van der Waals surface area contributed by atoms with Crippen molar-refractivity contribution in [1.82, 2.24) is 4.90 Å². The summed E-state index contributed by atoms with van der Waals surface area (Å²) in [6.45, 7) is 3.36. The topological polar surface area (TPSA) is 91.8 Å². The number of hydrogen-bond acceptors (Lipinski definition) is 4. The van der Waals surface area contributed by atoms with E-state index in [4.69, 9.17) is 0 Å². The number of carbonyl (C=O) groups is 2. The van der Waals surface area contributed by atoms with Crippen molar-refractivity contribution in [2.75, 3.05) is 6.54 Å². The lowest BCUT2D eigenvalue weighted by Gasteiger charge is -2.47. The minimum Gasteiger partial charge on any atom is -0.481 e. The minimum atomic E-state index is -6.38. The number of benzene rings is 2. The van der Waals surface area contributed by atoms with Gasteiger partial charge in [0.1, 0.15) is 10.6 Å². The molecule has 2 fully saturated rings. The number of likely N-dealkylation sites (tertiary alicyclic amines) is 1. The summed E-state index contributed by atoms with van der Waals surface area (Å²) in [7, 11) is -4.63. The van der Waals surface area contributed by atoms with Gasteiger partial charge in [0.25, 0.3) is 0 Å². The van der Waals surface area contributed by atoms with Gasteiger partial charge >= 0.3 is 24.0 Å². The standard InChI is InChI=1S/C32H33F8NO5S/c1-3-28(13-12-23(26(42)43)18(2)17-28)27(44)41-15-14-29(47(45,46)22-8-6-21(33)7-9-22)24-10-5-20(16-19(24)4-11-25(29)41)30(34,31(35,36)37)32(38,39)40/h5-10,16,18,23,25H,3-4,11-15,17H2,1-2H3,(H,42,43)/t18-,23-,25+,28+,29+/m0/s1. The highest BCUT2D eigenvalue weighted by Gasteiger charge is 2.74. The van der Waals surface area contributed by atoms with E-state index < -0.39 is 73.2 Å². The van der Waals surface area contributed by atoms with Crippen LogP contribution < -0.4 is 0 Å². The third kappa shape index (κ3) is 5.13. The number of carbonyl (C=O) groups excluding carboxylic acids is 1. The first-order valence-electron chi connectivity index (χ1n) is 15.2. The van der Waals surface area contributed by atoms with Crippen LogP contribution in [0.4, 0.5) is 35.1 Å². The Kier molecular flexibility index (Phi) is 8.54. The number of amides is 1. The molecule has 5 rings (SSSR count). The van der Waals surface area contributed by atoms with Crippen LogP contribution in [0.5, 0.6) is 0 Å². The fourth-order valence-corrected chi connectivity index (χ4v) is 10.6. The van der Waals surface area contributed by atoms with Crippen LogP contribution in [-0.4, -0.2) is 55.2 Å². The summed E-state index contributed by atoms with van der Waals surface area (Å²) in [5.74, 6) is -3.21. The Morgan fingerprint density at radius 1 is 0.957 bits per heavy atom. The molecule has 258 valence electrons. The maximum atomic E-state index is 15.1. The predicted molar refractivity (Wildman–Crippen MR) is 152 cm³/mol. The molecule has 0 bridgehead atoms. The van der Waals surface area contributed by atoms with Gasteiger partial charge in [0.05, 0.1) is 16.9 Å². The van der Waals surface area contributed by atoms with E-state index in [0.717, 1.165) is 30.3 Å². The van der Waals surface area contributed by atoms with E-state index in [-0.39, 0.29) is 73.1 Å². The number of halogens is 8. The molecular weight excluding hydrogens is 662 g/mol. The number of hydrogen-bond donors (Lipinski definition) is 1. The molecule has 6 nitrogen and oxygen atoms in total. The molecular formula is C32H33F8NO5S. The molecule has 5 atom stereocenters. The van der Waals surface area contributed by atoms with E-state index in [0.29, 0.717) is 12.5 Å². The van der Waals surface area contributed by atoms with Crippen LogP contribution in [0, 0.1) is 23.1 Å². The van der Waals surface area contributed by atoms with Gasteiger partial charge in [-0.1, -0.05) is 32.0 Å². The zero-order chi connectivity index (χ0) is 35.0. The van der Waals surface area contributed by atoms with Gasteiger partial charge in [-0.25, -0.2) is 17.2 Å². The van der Waals surface area contributed by atoms with Crippen LogP contribution in [0.1, 0.15) is 69.1 Å². The van der Waals surface area contributed by atoms with Gasteiger partial charge in [-0.3, -0.25) is 9.59 Å². The zero-order valence-corrected chi connectivity index (χ0v) is 26.2. The second kappa shape index (κ2) is 11.4. The first-order valence-corrected chi connectivity index (χ1v) is 16.7. The van der Waals surface area contributed by atoms with E-state index in [9.17, 15) is 53.8 Å². The fourth-order valence-electron chi connectivity index (χ4n) is 8.21. The predicted octanol–water partition coefficient (Wildman–Crippen LogP) is 7.25. The average Bonchev–Trinajstić information content (AvgIpc) is 3.40. The molecule has 2 aromatic rings. The minimum absolute atomic E-state index is 0.137. The Morgan fingerprint density at radius 2 is 1.57 bits per heavy atom. The van der Waals surface area contributed by atoms with Crippen molar-refractivity contribution in [1.29, 1.82) is 0 Å². The Morgan fingerprint density at radius 3 is 2.11 bits per heavy atom. The Labute approximate surface area is 266 Å². The normalized spacial score (nSPS) is 28.5. The lowest BCUT2D eigenvalue weighted by atomic mass is 9.63. The molecule has 1 saturated carbocycles. The van der Waals surface area contributed by atoms with E-state index in [1.54, 1.807) is 13.8 Å². The third-order valence-corrected chi connectivity index (χ3v) is 13.3. The molecule has 2 aromatic carbocycles. The summed E-state index contributed by atoms with van der Waals surface area (Å²) in [5, 5.41) is 9.62. The smallest absolute Gasteiger partial charge is 0.435 e. The second-order valence-electron chi connectivity index (χ2n) is 13.0. The maximum Gasteiger partial charge on any atom is 0.435 e. The van der Waals surface area contributed by atoms with Crippen LogP contribution >= 0.6 is 0 Å². The first kappa shape index (κ1) is 35.1. The lowest BCUT2D eigenvalue weighted by Crippen LogP contribution is -2.56. The number of carboxylic acids is 1. The van der Waals surface area contributed by atoms with Gasteiger partial charge in [0, 0.05) is 17.5 Å². The van der Waals surface area contributed by atoms with E-state index in [1.165, 1.54) is 4.90 Å². The summed E-state index contributed by atoms with van der Waals surface area (Å²) < 4.78 is 138. The van der Waals surface area contributed by atoms with Gasteiger partial charge in [0.15, 0.2) is 9.84 Å². The molecule has 0 unspecified atom stereocenters. The Hall–Kier alpha value is -3.23. The number of fused-ring (bicyclic) bond motifs is 3. The fraction of sp³-hybridized carbons (Fsp3) is 0.562. The number of aryl methyl sites for hydroxylation is 1. The number of nitrogens with zero attached hydrogens (tertiary/aromatic N) is 1. The van der Waals surface area contributed by atoms with Crippen molar-refractivity contribution < 1.29 is 58.2 Å². The lowest BCUT2D eigenvalue weighted by molar-refractivity contribution is -0.348. The van der Waals surface area contributed by atoms with E-state index in [1.807, 2.05) is 0 Å². The number of aliphatic carboxylic acids is 1. The molecule has 1 saturated heterocycles. The quantitative estimate of drug-likeness (QED) is 0.254. The number of alkyl halides is 7. The summed E-state index contributed by atoms with van der Waals surface area (Å²) in [6, 6.07) is 4.10. The highest BCUT2D eigenvalue weighted by molar-refractivity contribution is 7.92. The molecule has 47 heavy (non-hydrogen) atoms. The van der Waals surface area contributed by atoms with Crippen molar-refractivity contribution in [3.63, 3.8) is 0 Å². The average molecular weight is 696 g/mol. The van der Waals surface area contributed by atoms with Crippen LogP contribution in [0.15, 0.2) is 47.4 Å². The van der Waals surface area contributed by atoms with Crippen molar-refractivity contribution in [2.45, 2.75) is 92.5 Å². The third-order valence-electron chi connectivity index (χ3n) is 10.7. The van der Waals surface area contributed by atoms with Crippen molar-refractivity contribution in [3.8, 4) is 0 Å². The molecule has 0 radical (unpaired) electrons. The largest absolute Gasteiger partial charge is 0.481 e. The molecule has 2 aliphatic carbocycles. The second-order valence-corrected chi connectivity index (χ2v) is 15.2. The highest BCUT2D eigenvalue weighted by atomic mass is 32.2. The molecule has 3 aliphatic rings. The van der Waals surface area contributed by atoms with Crippen molar-refractivity contribution in [2.24, 2.45) is 17.3 Å². The van der Waals surface area contributed by atoms with E-state index >= 15 is 4.39 Å². The van der Waals surface area contributed by atoms with Crippen molar-refractivity contribution >= 4 is 21.7 Å². The van der Waals surface area contributed by atoms with Gasteiger partial charge in [0.2, 0.25) is 5.91 Å². The molecule has 0 aromatic heterocycles. The Bertz CT molecular complexity index is 1660. The van der Waals surface area contributed by atoms with Crippen LogP contribution in [-0.2, 0) is 36.3 Å². The van der Waals surface area contributed by atoms with Crippen LogP contribution in [0.2, 0.25) is 0 Å². The molecule has 1 aliphatic heterocycles. The van der Waals surface area contributed by atoms with Crippen molar-refractivity contribution in [3.05, 3.63) is 65.0 Å². The van der Waals surface area contributed by atoms with Gasteiger partial charge in [-0.15, -0.1) is 0 Å². The first-order chi connectivity index (χ1) is 21.7. The SMILES string of the molecule is CC[C@@]1(C(=O)N2CC[C@@]3(S(=O)(=O)c4ccc(F)cc4)c4ccc(C(F)(C(F)(F)F)C(F)(F)F)cc4CC[C@@H]23)CC[C@H](C(=O)O)[C@@H](C)C1. The van der Waals surface area contributed by atoms with Crippen LogP contribution in [0.25, 0.3) is 0 Å². The molecule has 0 spiro atoms.